The van der Waals surface area contributed by atoms with E-state index in [1.54, 1.807) is 0 Å². The van der Waals surface area contributed by atoms with E-state index in [0.29, 0.717) is 6.42 Å². The summed E-state index contributed by atoms with van der Waals surface area (Å²) in [5.74, 6) is -0.454. The molecule has 3 nitrogen and oxygen atoms in total. The highest BCUT2D eigenvalue weighted by Crippen LogP contribution is 2.27. The van der Waals surface area contributed by atoms with E-state index in [-0.39, 0.29) is 5.78 Å². The molecular weight excluding hydrogens is 216 g/mol. The van der Waals surface area contributed by atoms with Crippen molar-refractivity contribution in [3.05, 3.63) is 34.4 Å². The van der Waals surface area contributed by atoms with Gasteiger partial charge in [0, 0.05) is 12.5 Å². The molecule has 1 aliphatic rings. The van der Waals surface area contributed by atoms with Gasteiger partial charge in [-0.25, -0.2) is 0 Å². The number of hydrogen-bond acceptors (Lipinski definition) is 3. The summed E-state index contributed by atoms with van der Waals surface area (Å²) in [4.78, 5) is 23.1. The second kappa shape index (κ2) is 4.32. The van der Waals surface area contributed by atoms with E-state index in [0.717, 1.165) is 28.7 Å². The lowest BCUT2D eigenvalue weighted by atomic mass is 9.85. The summed E-state index contributed by atoms with van der Waals surface area (Å²) in [5, 5.41) is 0. The molecule has 0 spiro atoms. The first-order chi connectivity index (χ1) is 7.99. The monoisotopic (exact) mass is 232 g/mol. The van der Waals surface area contributed by atoms with Crippen molar-refractivity contribution in [2.24, 2.45) is 0 Å². The molecule has 90 valence electrons. The molecule has 0 saturated heterocycles. The quantitative estimate of drug-likeness (QED) is 0.698. The van der Waals surface area contributed by atoms with Gasteiger partial charge in [0.05, 0.1) is 0 Å². The molecule has 0 heterocycles. The third-order valence-electron chi connectivity index (χ3n) is 3.14. The van der Waals surface area contributed by atoms with Crippen molar-refractivity contribution in [1.29, 1.82) is 0 Å². The number of rotatable bonds is 1. The first-order valence-corrected chi connectivity index (χ1v) is 5.80. The molecule has 2 rings (SSSR count). The summed E-state index contributed by atoms with van der Waals surface area (Å²) in [7, 11) is 0. The standard InChI is InChI=1S/C14H16O3/c1-8-6-9(2)11-4-5-13(17-10(3)15)14(16)12(11)7-8/h6-7,13H,4-5H2,1-3H3. The Morgan fingerprint density at radius 2 is 2.06 bits per heavy atom. The number of benzene rings is 1. The Kier molecular flexibility index (Phi) is 3.01. The van der Waals surface area contributed by atoms with Crippen LogP contribution >= 0.6 is 0 Å². The van der Waals surface area contributed by atoms with E-state index >= 15 is 0 Å². The maximum Gasteiger partial charge on any atom is 0.303 e. The molecule has 0 aromatic heterocycles. The molecule has 3 heteroatoms. The van der Waals surface area contributed by atoms with E-state index in [2.05, 4.69) is 6.07 Å². The molecule has 1 atom stereocenters. The van der Waals surface area contributed by atoms with Crippen LogP contribution in [0.5, 0.6) is 0 Å². The molecule has 17 heavy (non-hydrogen) atoms. The maximum atomic E-state index is 12.2. The lowest BCUT2D eigenvalue weighted by Gasteiger charge is -2.24. The summed E-state index contributed by atoms with van der Waals surface area (Å²) in [6.45, 7) is 5.32. The zero-order valence-corrected chi connectivity index (χ0v) is 10.4. The van der Waals surface area contributed by atoms with Gasteiger partial charge in [-0.3, -0.25) is 9.59 Å². The van der Waals surface area contributed by atoms with Crippen molar-refractivity contribution in [2.45, 2.75) is 39.7 Å². The third kappa shape index (κ3) is 2.23. The summed E-state index contributed by atoms with van der Waals surface area (Å²) >= 11 is 0. The van der Waals surface area contributed by atoms with Crippen LogP contribution in [0.1, 0.15) is 40.4 Å². The zero-order chi connectivity index (χ0) is 12.6. The second-order valence-electron chi connectivity index (χ2n) is 4.61. The number of fused-ring (bicyclic) bond motifs is 1. The van der Waals surface area contributed by atoms with E-state index in [1.807, 2.05) is 19.9 Å². The molecule has 0 radical (unpaired) electrons. The molecule has 1 aromatic rings. The van der Waals surface area contributed by atoms with Gasteiger partial charge in [0.2, 0.25) is 5.78 Å². The van der Waals surface area contributed by atoms with Gasteiger partial charge >= 0.3 is 5.97 Å². The van der Waals surface area contributed by atoms with Crippen molar-refractivity contribution < 1.29 is 14.3 Å². The van der Waals surface area contributed by atoms with E-state index in [9.17, 15) is 9.59 Å². The fraction of sp³-hybridized carbons (Fsp3) is 0.429. The van der Waals surface area contributed by atoms with E-state index in [1.165, 1.54) is 6.92 Å². The van der Waals surface area contributed by atoms with Crippen LogP contribution in [0.25, 0.3) is 0 Å². The fourth-order valence-corrected chi connectivity index (χ4v) is 2.44. The molecule has 0 amide bonds. The van der Waals surface area contributed by atoms with Crippen LogP contribution in [-0.4, -0.2) is 17.9 Å². The van der Waals surface area contributed by atoms with Crippen molar-refractivity contribution in [1.82, 2.24) is 0 Å². The van der Waals surface area contributed by atoms with E-state index in [4.69, 9.17) is 4.74 Å². The van der Waals surface area contributed by atoms with Gasteiger partial charge < -0.3 is 4.74 Å². The highest BCUT2D eigenvalue weighted by Gasteiger charge is 2.30. The first kappa shape index (κ1) is 11.8. The second-order valence-corrected chi connectivity index (χ2v) is 4.61. The van der Waals surface area contributed by atoms with Crippen LogP contribution in [0.3, 0.4) is 0 Å². The summed E-state index contributed by atoms with van der Waals surface area (Å²) < 4.78 is 5.05. The Balaban J connectivity index is 2.38. The van der Waals surface area contributed by atoms with Gasteiger partial charge in [-0.15, -0.1) is 0 Å². The lowest BCUT2D eigenvalue weighted by Crippen LogP contribution is -2.32. The predicted molar refractivity (Wildman–Crippen MR) is 64.1 cm³/mol. The minimum Gasteiger partial charge on any atom is -0.454 e. The smallest absolute Gasteiger partial charge is 0.303 e. The largest absolute Gasteiger partial charge is 0.454 e. The normalized spacial score (nSPS) is 18.8. The summed E-state index contributed by atoms with van der Waals surface area (Å²) in [6, 6.07) is 3.97. The van der Waals surface area contributed by atoms with Gasteiger partial charge in [-0.1, -0.05) is 11.6 Å². The number of ether oxygens (including phenoxy) is 1. The molecule has 1 unspecified atom stereocenters. The average molecular weight is 232 g/mol. The Morgan fingerprint density at radius 3 is 2.71 bits per heavy atom. The predicted octanol–water partition coefficient (Wildman–Crippen LogP) is 2.36. The Morgan fingerprint density at radius 1 is 1.35 bits per heavy atom. The lowest BCUT2D eigenvalue weighted by molar-refractivity contribution is -0.144. The number of aryl methyl sites for hydroxylation is 2. The van der Waals surface area contributed by atoms with Crippen LogP contribution in [0.4, 0.5) is 0 Å². The number of esters is 1. The summed E-state index contributed by atoms with van der Waals surface area (Å²) in [6.07, 6.45) is 0.793. The van der Waals surface area contributed by atoms with Crippen LogP contribution in [-0.2, 0) is 16.0 Å². The van der Waals surface area contributed by atoms with Crippen LogP contribution in [0, 0.1) is 13.8 Å². The van der Waals surface area contributed by atoms with Crippen molar-refractivity contribution in [3.63, 3.8) is 0 Å². The molecule has 0 bridgehead atoms. The highest BCUT2D eigenvalue weighted by atomic mass is 16.5. The van der Waals surface area contributed by atoms with Crippen molar-refractivity contribution >= 4 is 11.8 Å². The number of ketones is 1. The van der Waals surface area contributed by atoms with Gasteiger partial charge in [0.1, 0.15) is 0 Å². The fourth-order valence-electron chi connectivity index (χ4n) is 2.44. The number of hydrogen-bond donors (Lipinski definition) is 0. The Hall–Kier alpha value is -1.64. The molecule has 1 aliphatic carbocycles. The topological polar surface area (TPSA) is 43.4 Å². The number of carbonyl (C=O) groups excluding carboxylic acids is 2. The Labute approximate surface area is 101 Å². The summed E-state index contributed by atoms with van der Waals surface area (Å²) in [5.41, 5.74) is 4.04. The van der Waals surface area contributed by atoms with Gasteiger partial charge in [-0.05, 0) is 43.9 Å². The van der Waals surface area contributed by atoms with Crippen LogP contribution in [0.2, 0.25) is 0 Å². The van der Waals surface area contributed by atoms with Crippen LogP contribution in [0.15, 0.2) is 12.1 Å². The molecular formula is C14H16O3. The molecule has 0 aliphatic heterocycles. The Bertz CT molecular complexity index is 488. The van der Waals surface area contributed by atoms with Gasteiger partial charge in [-0.2, -0.15) is 0 Å². The minimum absolute atomic E-state index is 0.0618. The number of carbonyl (C=O) groups is 2. The first-order valence-electron chi connectivity index (χ1n) is 5.80. The van der Waals surface area contributed by atoms with Crippen molar-refractivity contribution in [3.8, 4) is 0 Å². The zero-order valence-electron chi connectivity index (χ0n) is 10.4. The van der Waals surface area contributed by atoms with Gasteiger partial charge in [0.15, 0.2) is 6.10 Å². The van der Waals surface area contributed by atoms with Gasteiger partial charge in [0.25, 0.3) is 0 Å². The number of Topliss-reactive ketones (excluding diaryl/α,β-unsaturated/α-hetero) is 1. The SMILES string of the molecule is CC(=O)OC1CCc2c(C)cc(C)cc2C1=O. The minimum atomic E-state index is -0.596. The molecule has 0 fully saturated rings. The molecule has 0 N–H and O–H groups in total. The molecule has 0 saturated carbocycles. The molecule has 1 aromatic carbocycles. The highest BCUT2D eigenvalue weighted by molar-refractivity contribution is 6.03. The van der Waals surface area contributed by atoms with Crippen molar-refractivity contribution in [2.75, 3.05) is 0 Å². The maximum absolute atomic E-state index is 12.2. The third-order valence-corrected chi connectivity index (χ3v) is 3.14. The van der Waals surface area contributed by atoms with E-state index < -0.39 is 12.1 Å². The average Bonchev–Trinajstić information content (AvgIpc) is 2.22. The van der Waals surface area contributed by atoms with Crippen LogP contribution < -0.4 is 0 Å².